The molecule has 0 aromatic heterocycles. The molecular weight excluding hydrogens is 229 g/mol. The molecule has 1 rings (SSSR count). The summed E-state index contributed by atoms with van der Waals surface area (Å²) in [7, 11) is 0. The van der Waals surface area contributed by atoms with Gasteiger partial charge in [-0.2, -0.15) is 0 Å². The third kappa shape index (κ3) is 1.48. The van der Waals surface area contributed by atoms with E-state index in [0.717, 1.165) is 3.57 Å². The first-order valence-electron chi connectivity index (χ1n) is 2.44. The summed E-state index contributed by atoms with van der Waals surface area (Å²) < 4.78 is 0.882. The van der Waals surface area contributed by atoms with Crippen LogP contribution in [0.3, 0.4) is 0 Å². The number of benzene rings is 1. The van der Waals surface area contributed by atoms with Crippen molar-refractivity contribution in [2.24, 2.45) is 0 Å². The summed E-state index contributed by atoms with van der Waals surface area (Å²) in [5, 5.41) is 8.88. The third-order valence-corrected chi connectivity index (χ3v) is 1.92. The second-order valence-electron chi connectivity index (χ2n) is 1.71. The van der Waals surface area contributed by atoms with Gasteiger partial charge in [0.05, 0.1) is 0 Å². The molecule has 2 nitrogen and oxygen atoms in total. The second kappa shape index (κ2) is 2.43. The Labute approximate surface area is 66.8 Å². The summed E-state index contributed by atoms with van der Waals surface area (Å²) in [5.74, 6) is 0.258. The zero-order chi connectivity index (χ0) is 6.85. The van der Waals surface area contributed by atoms with Crippen LogP contribution >= 0.6 is 22.6 Å². The van der Waals surface area contributed by atoms with E-state index in [1.165, 1.54) is 0 Å². The molecule has 0 fully saturated rings. The molecule has 0 spiro atoms. The summed E-state index contributed by atoms with van der Waals surface area (Å²) in [6, 6.07) is 4.87. The molecule has 0 saturated heterocycles. The topological polar surface area (TPSA) is 46.2 Å². The Morgan fingerprint density at radius 2 is 2.11 bits per heavy atom. The monoisotopic (exact) mass is 235 g/mol. The number of nitrogens with two attached hydrogens (primary N) is 1. The second-order valence-corrected chi connectivity index (χ2v) is 2.87. The molecule has 0 atom stereocenters. The summed E-state index contributed by atoms with van der Waals surface area (Å²) in [4.78, 5) is 0. The number of phenols is 1. The van der Waals surface area contributed by atoms with Gasteiger partial charge in [0.1, 0.15) is 5.75 Å². The normalized spacial score (nSPS) is 9.44. The van der Waals surface area contributed by atoms with Crippen LogP contribution in [0.2, 0.25) is 0 Å². The maximum atomic E-state index is 8.88. The molecule has 0 bridgehead atoms. The average molecular weight is 235 g/mol. The Balaban J connectivity index is 3.17. The van der Waals surface area contributed by atoms with E-state index in [4.69, 9.17) is 10.8 Å². The number of halogens is 1. The highest BCUT2D eigenvalue weighted by atomic mass is 127. The van der Waals surface area contributed by atoms with E-state index in [1.807, 2.05) is 0 Å². The lowest BCUT2D eigenvalue weighted by molar-refractivity contribution is 0.475. The SMILES string of the molecule is Nc1ccc(O)cc1I. The van der Waals surface area contributed by atoms with Crippen LogP contribution in [-0.4, -0.2) is 5.11 Å². The smallest absolute Gasteiger partial charge is 0.116 e. The average Bonchev–Trinajstić information content (AvgIpc) is 1.80. The molecule has 3 N–H and O–H groups in total. The maximum absolute atomic E-state index is 8.88. The number of aromatic hydroxyl groups is 1. The van der Waals surface area contributed by atoms with Crippen molar-refractivity contribution in [3.63, 3.8) is 0 Å². The Hall–Kier alpha value is -0.450. The van der Waals surface area contributed by atoms with Crippen molar-refractivity contribution in [3.8, 4) is 5.75 Å². The van der Waals surface area contributed by atoms with Crippen LogP contribution in [-0.2, 0) is 0 Å². The largest absolute Gasteiger partial charge is 0.508 e. The molecule has 0 aliphatic carbocycles. The van der Waals surface area contributed by atoms with Crippen molar-refractivity contribution in [1.82, 2.24) is 0 Å². The zero-order valence-corrected chi connectivity index (χ0v) is 6.79. The van der Waals surface area contributed by atoms with E-state index in [1.54, 1.807) is 18.2 Å². The van der Waals surface area contributed by atoms with Gasteiger partial charge in [-0.15, -0.1) is 0 Å². The fourth-order valence-corrected chi connectivity index (χ4v) is 1.01. The summed E-state index contributed by atoms with van der Waals surface area (Å²) in [5.41, 5.74) is 6.17. The van der Waals surface area contributed by atoms with Gasteiger partial charge in [-0.25, -0.2) is 0 Å². The van der Waals surface area contributed by atoms with Gasteiger partial charge >= 0.3 is 0 Å². The van der Waals surface area contributed by atoms with Crippen LogP contribution in [0.1, 0.15) is 0 Å². The lowest BCUT2D eigenvalue weighted by Gasteiger charge is -1.95. The molecule has 0 unspecified atom stereocenters. The van der Waals surface area contributed by atoms with Gasteiger partial charge in [0, 0.05) is 9.26 Å². The van der Waals surface area contributed by atoms with E-state index in [-0.39, 0.29) is 5.75 Å². The number of rotatable bonds is 0. The van der Waals surface area contributed by atoms with Gasteiger partial charge in [0.25, 0.3) is 0 Å². The van der Waals surface area contributed by atoms with Crippen molar-refractivity contribution < 1.29 is 5.11 Å². The first-order valence-corrected chi connectivity index (χ1v) is 3.52. The van der Waals surface area contributed by atoms with Crippen molar-refractivity contribution in [3.05, 3.63) is 21.8 Å². The molecule has 48 valence electrons. The molecule has 1 aromatic rings. The van der Waals surface area contributed by atoms with Crippen LogP contribution < -0.4 is 5.73 Å². The number of anilines is 1. The molecule has 0 amide bonds. The molecule has 0 heterocycles. The molecule has 3 heteroatoms. The van der Waals surface area contributed by atoms with Crippen LogP contribution in [0.25, 0.3) is 0 Å². The first-order chi connectivity index (χ1) is 4.20. The van der Waals surface area contributed by atoms with Gasteiger partial charge < -0.3 is 10.8 Å². The van der Waals surface area contributed by atoms with Gasteiger partial charge in [0.15, 0.2) is 0 Å². The van der Waals surface area contributed by atoms with Crippen LogP contribution in [0.5, 0.6) is 5.75 Å². The van der Waals surface area contributed by atoms with Gasteiger partial charge in [-0.05, 0) is 40.8 Å². The van der Waals surface area contributed by atoms with E-state index >= 15 is 0 Å². The molecule has 1 aromatic carbocycles. The molecule has 0 aliphatic rings. The van der Waals surface area contributed by atoms with E-state index in [0.29, 0.717) is 5.69 Å². The van der Waals surface area contributed by atoms with Crippen molar-refractivity contribution in [2.75, 3.05) is 5.73 Å². The van der Waals surface area contributed by atoms with Crippen LogP contribution in [0.15, 0.2) is 18.2 Å². The number of nitrogen functional groups attached to an aromatic ring is 1. The number of phenolic OH excluding ortho intramolecular Hbond substituents is 1. The van der Waals surface area contributed by atoms with E-state index in [2.05, 4.69) is 22.6 Å². The molecule has 0 saturated carbocycles. The van der Waals surface area contributed by atoms with Crippen LogP contribution in [0, 0.1) is 3.57 Å². The van der Waals surface area contributed by atoms with E-state index < -0.39 is 0 Å². The summed E-state index contributed by atoms with van der Waals surface area (Å²) in [6.07, 6.45) is 0. The third-order valence-electron chi connectivity index (χ3n) is 0.984. The highest BCUT2D eigenvalue weighted by molar-refractivity contribution is 14.1. The maximum Gasteiger partial charge on any atom is 0.116 e. The quantitative estimate of drug-likeness (QED) is 0.407. The number of hydrogen-bond donors (Lipinski definition) is 2. The van der Waals surface area contributed by atoms with Gasteiger partial charge in [-0.1, -0.05) is 0 Å². The predicted molar refractivity (Wildman–Crippen MR) is 45.2 cm³/mol. The lowest BCUT2D eigenvalue weighted by Crippen LogP contribution is -1.86. The molecule has 0 aliphatic heterocycles. The fraction of sp³-hybridized carbons (Fsp3) is 0. The molecular formula is C6H6INO. The number of hydrogen-bond acceptors (Lipinski definition) is 2. The summed E-state index contributed by atoms with van der Waals surface area (Å²) >= 11 is 2.06. The van der Waals surface area contributed by atoms with Crippen molar-refractivity contribution in [2.45, 2.75) is 0 Å². The minimum Gasteiger partial charge on any atom is -0.508 e. The first kappa shape index (κ1) is 6.67. The summed E-state index contributed by atoms with van der Waals surface area (Å²) in [6.45, 7) is 0. The minimum atomic E-state index is 0.258. The Morgan fingerprint density at radius 3 is 2.56 bits per heavy atom. The Morgan fingerprint density at radius 1 is 1.44 bits per heavy atom. The van der Waals surface area contributed by atoms with Crippen LogP contribution in [0.4, 0.5) is 5.69 Å². The van der Waals surface area contributed by atoms with Crippen molar-refractivity contribution >= 4 is 28.3 Å². The lowest BCUT2D eigenvalue weighted by atomic mass is 10.3. The van der Waals surface area contributed by atoms with Gasteiger partial charge in [-0.3, -0.25) is 0 Å². The fourth-order valence-electron chi connectivity index (χ4n) is 0.516. The molecule has 0 radical (unpaired) electrons. The Bertz CT molecular complexity index is 224. The van der Waals surface area contributed by atoms with Gasteiger partial charge in [0.2, 0.25) is 0 Å². The zero-order valence-electron chi connectivity index (χ0n) is 4.63. The minimum absolute atomic E-state index is 0.258. The molecule has 9 heavy (non-hydrogen) atoms. The Kier molecular flexibility index (Phi) is 1.80. The highest BCUT2D eigenvalue weighted by Gasteiger charge is 1.93. The predicted octanol–water partition coefficient (Wildman–Crippen LogP) is 1.58. The van der Waals surface area contributed by atoms with Crippen molar-refractivity contribution in [1.29, 1.82) is 0 Å². The van der Waals surface area contributed by atoms with E-state index in [9.17, 15) is 0 Å². The standard InChI is InChI=1S/C6H6INO/c7-5-3-4(9)1-2-6(5)8/h1-3,9H,8H2. The highest BCUT2D eigenvalue weighted by Crippen LogP contribution is 2.19.